The highest BCUT2D eigenvalue weighted by atomic mass is 35.5. The minimum absolute atomic E-state index is 0.295. The molecule has 1 atom stereocenters. The van der Waals surface area contributed by atoms with Gasteiger partial charge in [-0.15, -0.1) is 0 Å². The predicted octanol–water partition coefficient (Wildman–Crippen LogP) is 4.84. The lowest BCUT2D eigenvalue weighted by Crippen LogP contribution is -1.96. The third-order valence-corrected chi connectivity index (χ3v) is 4.11. The first-order valence-electron chi connectivity index (χ1n) is 5.33. The largest absolute Gasteiger partial charge is 0.457 e. The molecule has 1 aliphatic rings. The Balaban J connectivity index is 2.17. The molecule has 0 spiro atoms. The zero-order valence-corrected chi connectivity index (χ0v) is 11.0. The van der Waals surface area contributed by atoms with Gasteiger partial charge in [0.1, 0.15) is 11.9 Å². The summed E-state index contributed by atoms with van der Waals surface area (Å²) >= 11 is 18.0. The van der Waals surface area contributed by atoms with E-state index in [4.69, 9.17) is 39.2 Å². The minimum atomic E-state index is -0.576. The summed E-state index contributed by atoms with van der Waals surface area (Å²) < 4.78 is 5.57. The number of fused-ring (bicyclic) bond motifs is 1. The van der Waals surface area contributed by atoms with Gasteiger partial charge in [-0.05, 0) is 30.9 Å². The quantitative estimate of drug-likeness (QED) is 0.803. The minimum Gasteiger partial charge on any atom is -0.457 e. The van der Waals surface area contributed by atoms with Gasteiger partial charge in [-0.25, -0.2) is 0 Å². The van der Waals surface area contributed by atoms with Gasteiger partial charge in [-0.3, -0.25) is 0 Å². The lowest BCUT2D eigenvalue weighted by Gasteiger charge is -2.03. The molecule has 2 aromatic rings. The number of halogens is 3. The molecular weight excluding hydrogens is 282 g/mol. The number of rotatable bonds is 2. The third-order valence-electron chi connectivity index (χ3n) is 3.03. The van der Waals surface area contributed by atoms with Gasteiger partial charge in [0, 0.05) is 5.39 Å². The van der Waals surface area contributed by atoms with Crippen molar-refractivity contribution in [2.24, 2.45) is 5.92 Å². The number of hydrogen-bond acceptors (Lipinski definition) is 2. The molecule has 0 bridgehead atoms. The summed E-state index contributed by atoms with van der Waals surface area (Å²) in [6, 6.07) is 3.27. The van der Waals surface area contributed by atoms with Crippen molar-refractivity contribution in [3.63, 3.8) is 0 Å². The van der Waals surface area contributed by atoms with Crippen LogP contribution in [-0.4, -0.2) is 5.11 Å². The van der Waals surface area contributed by atoms with Crippen LogP contribution in [0.15, 0.2) is 16.5 Å². The van der Waals surface area contributed by atoms with Crippen LogP contribution in [-0.2, 0) is 0 Å². The van der Waals surface area contributed by atoms with Crippen LogP contribution < -0.4 is 0 Å². The highest BCUT2D eigenvalue weighted by Gasteiger charge is 2.33. The topological polar surface area (TPSA) is 33.4 Å². The molecule has 1 aromatic carbocycles. The fourth-order valence-corrected chi connectivity index (χ4v) is 2.62. The first-order valence-corrected chi connectivity index (χ1v) is 6.46. The number of aliphatic hydroxyl groups is 1. The van der Waals surface area contributed by atoms with Crippen LogP contribution in [0.1, 0.15) is 24.7 Å². The smallest absolute Gasteiger partial charge is 0.154 e. The van der Waals surface area contributed by atoms with Crippen LogP contribution in [0.5, 0.6) is 0 Å². The van der Waals surface area contributed by atoms with Crippen molar-refractivity contribution >= 4 is 45.8 Å². The van der Waals surface area contributed by atoms with Crippen LogP contribution in [0.3, 0.4) is 0 Å². The van der Waals surface area contributed by atoms with Crippen molar-refractivity contribution in [3.8, 4) is 0 Å². The van der Waals surface area contributed by atoms with E-state index in [-0.39, 0.29) is 0 Å². The number of furan rings is 1. The van der Waals surface area contributed by atoms with Gasteiger partial charge in [-0.2, -0.15) is 0 Å². The third kappa shape index (κ3) is 1.93. The van der Waals surface area contributed by atoms with Crippen LogP contribution in [0.25, 0.3) is 11.0 Å². The van der Waals surface area contributed by atoms with Crippen LogP contribution in [0.4, 0.5) is 0 Å². The van der Waals surface area contributed by atoms with E-state index in [0.29, 0.717) is 37.7 Å². The van der Waals surface area contributed by atoms with E-state index in [9.17, 15) is 5.11 Å². The molecule has 17 heavy (non-hydrogen) atoms. The Morgan fingerprint density at radius 2 is 1.88 bits per heavy atom. The molecule has 0 saturated heterocycles. The van der Waals surface area contributed by atoms with Crippen molar-refractivity contribution in [2.45, 2.75) is 18.9 Å². The Morgan fingerprint density at radius 1 is 1.18 bits per heavy atom. The molecule has 1 N–H and O–H groups in total. The summed E-state index contributed by atoms with van der Waals surface area (Å²) in [5.74, 6) is 0.803. The highest BCUT2D eigenvalue weighted by molar-refractivity contribution is 6.47. The van der Waals surface area contributed by atoms with Gasteiger partial charge in [-0.1, -0.05) is 34.8 Å². The lowest BCUT2D eigenvalue weighted by atomic mass is 10.1. The fraction of sp³-hybridized carbons (Fsp3) is 0.333. The molecule has 2 nitrogen and oxygen atoms in total. The Morgan fingerprint density at radius 3 is 2.53 bits per heavy atom. The van der Waals surface area contributed by atoms with Crippen molar-refractivity contribution < 1.29 is 9.52 Å². The Hall–Kier alpha value is -0.410. The average molecular weight is 292 g/mol. The molecule has 0 amide bonds. The Bertz CT molecular complexity index is 587. The molecule has 1 aliphatic carbocycles. The second-order valence-corrected chi connectivity index (χ2v) is 5.52. The maximum absolute atomic E-state index is 10.00. The second-order valence-electron chi connectivity index (χ2n) is 4.33. The molecule has 1 saturated carbocycles. The predicted molar refractivity (Wildman–Crippen MR) is 68.9 cm³/mol. The van der Waals surface area contributed by atoms with Crippen molar-refractivity contribution in [3.05, 3.63) is 33.0 Å². The van der Waals surface area contributed by atoms with E-state index in [1.807, 2.05) is 0 Å². The fourth-order valence-electron chi connectivity index (χ4n) is 1.91. The first kappa shape index (κ1) is 11.7. The zero-order chi connectivity index (χ0) is 12.2. The molecule has 1 aromatic heterocycles. The van der Waals surface area contributed by atoms with Crippen LogP contribution >= 0.6 is 34.8 Å². The van der Waals surface area contributed by atoms with Gasteiger partial charge in [0.2, 0.25) is 0 Å². The van der Waals surface area contributed by atoms with Gasteiger partial charge in [0.05, 0.1) is 15.1 Å². The maximum atomic E-state index is 10.00. The Kier molecular flexibility index (Phi) is 2.79. The number of hydrogen-bond donors (Lipinski definition) is 1. The van der Waals surface area contributed by atoms with E-state index in [0.717, 1.165) is 12.8 Å². The number of benzene rings is 1. The molecule has 1 fully saturated rings. The van der Waals surface area contributed by atoms with E-state index in [1.165, 1.54) is 0 Å². The first-order chi connectivity index (χ1) is 8.08. The molecule has 5 heteroatoms. The van der Waals surface area contributed by atoms with Crippen LogP contribution in [0, 0.1) is 5.92 Å². The summed E-state index contributed by atoms with van der Waals surface area (Å²) in [4.78, 5) is 0. The average Bonchev–Trinajstić information content (AvgIpc) is 3.03. The van der Waals surface area contributed by atoms with Crippen LogP contribution in [0.2, 0.25) is 15.1 Å². The normalized spacial score (nSPS) is 17.6. The summed E-state index contributed by atoms with van der Waals surface area (Å²) in [5, 5.41) is 11.9. The maximum Gasteiger partial charge on any atom is 0.154 e. The van der Waals surface area contributed by atoms with Crippen molar-refractivity contribution in [2.75, 3.05) is 0 Å². The molecular formula is C12H9Cl3O2. The molecule has 90 valence electrons. The zero-order valence-electron chi connectivity index (χ0n) is 8.71. The lowest BCUT2D eigenvalue weighted by molar-refractivity contribution is 0.129. The molecule has 0 radical (unpaired) electrons. The van der Waals surface area contributed by atoms with Gasteiger partial charge >= 0.3 is 0 Å². The second kappa shape index (κ2) is 4.06. The summed E-state index contributed by atoms with van der Waals surface area (Å²) in [7, 11) is 0. The standard InChI is InChI=1S/C12H9Cl3O2/c13-7-4-8(14)12-6(10(7)15)3-9(17-12)11(16)5-1-2-5/h3-5,11,16H,1-2H2. The van der Waals surface area contributed by atoms with E-state index >= 15 is 0 Å². The molecule has 1 unspecified atom stereocenters. The van der Waals surface area contributed by atoms with Gasteiger partial charge in [0.25, 0.3) is 0 Å². The van der Waals surface area contributed by atoms with E-state index < -0.39 is 6.10 Å². The molecule has 1 heterocycles. The number of aliphatic hydroxyl groups excluding tert-OH is 1. The van der Waals surface area contributed by atoms with Gasteiger partial charge < -0.3 is 9.52 Å². The SMILES string of the molecule is OC(c1cc2c(Cl)c(Cl)cc(Cl)c2o1)C1CC1. The summed E-state index contributed by atoms with van der Waals surface area (Å²) in [5.41, 5.74) is 0.482. The van der Waals surface area contributed by atoms with E-state index in [1.54, 1.807) is 12.1 Å². The van der Waals surface area contributed by atoms with Gasteiger partial charge in [0.15, 0.2) is 5.58 Å². The van der Waals surface area contributed by atoms with Crippen molar-refractivity contribution in [1.29, 1.82) is 0 Å². The molecule has 3 rings (SSSR count). The van der Waals surface area contributed by atoms with E-state index in [2.05, 4.69) is 0 Å². The van der Waals surface area contributed by atoms with Crippen molar-refractivity contribution in [1.82, 2.24) is 0 Å². The molecule has 0 aliphatic heterocycles. The summed E-state index contributed by atoms with van der Waals surface area (Å²) in [6.07, 6.45) is 1.48. The Labute approximate surface area is 113 Å². The highest BCUT2D eigenvalue weighted by Crippen LogP contribution is 2.44. The monoisotopic (exact) mass is 290 g/mol. The summed E-state index contributed by atoms with van der Waals surface area (Å²) in [6.45, 7) is 0.